The summed E-state index contributed by atoms with van der Waals surface area (Å²) in [6.07, 6.45) is 3.65. The van der Waals surface area contributed by atoms with Gasteiger partial charge in [0.25, 0.3) is 0 Å². The van der Waals surface area contributed by atoms with Crippen LogP contribution >= 0.6 is 12.4 Å². The van der Waals surface area contributed by atoms with Crippen LogP contribution in [0.25, 0.3) is 0 Å². The number of nitrogens with zero attached hydrogens (tertiary/aromatic N) is 2. The molecular weight excluding hydrogens is 300 g/mol. The second kappa shape index (κ2) is 6.01. The zero-order chi connectivity index (χ0) is 14.3. The Morgan fingerprint density at radius 3 is 2.30 bits per heavy atom. The Morgan fingerprint density at radius 2 is 1.90 bits per heavy atom. The molecule has 0 spiro atoms. The molecule has 6 nitrogen and oxygen atoms in total. The summed E-state index contributed by atoms with van der Waals surface area (Å²) in [5.74, 6) is 0. The smallest absolute Gasteiger partial charge is 0.244 e. The first-order chi connectivity index (χ1) is 8.81. The normalized spacial score (nSPS) is 18.0. The van der Waals surface area contributed by atoms with Crippen LogP contribution in [0.4, 0.5) is 0 Å². The van der Waals surface area contributed by atoms with Crippen LogP contribution in [0.5, 0.6) is 0 Å². The van der Waals surface area contributed by atoms with Gasteiger partial charge in [0.05, 0.1) is 11.4 Å². The number of hydrogen-bond acceptors (Lipinski definition) is 4. The molecule has 0 aliphatic heterocycles. The van der Waals surface area contributed by atoms with Crippen LogP contribution in [-0.4, -0.2) is 30.3 Å². The third-order valence-electron chi connectivity index (χ3n) is 4.01. The first-order valence-electron chi connectivity index (χ1n) is 6.55. The quantitative estimate of drug-likeness (QED) is 0.865. The Morgan fingerprint density at radius 1 is 1.35 bits per heavy atom. The predicted octanol–water partition coefficient (Wildman–Crippen LogP) is 1.01. The van der Waals surface area contributed by atoms with Gasteiger partial charge in [-0.1, -0.05) is 12.8 Å². The van der Waals surface area contributed by atoms with Crippen molar-refractivity contribution >= 4 is 22.4 Å². The van der Waals surface area contributed by atoms with Crippen LogP contribution in [0.1, 0.15) is 37.1 Å². The van der Waals surface area contributed by atoms with E-state index in [-0.39, 0.29) is 17.3 Å². The number of halogens is 1. The molecule has 1 fully saturated rings. The molecule has 0 atom stereocenters. The van der Waals surface area contributed by atoms with E-state index < -0.39 is 15.6 Å². The monoisotopic (exact) mass is 322 g/mol. The first kappa shape index (κ1) is 17.4. The Bertz CT molecular complexity index is 577. The fraction of sp³-hybridized carbons (Fsp3) is 0.750. The van der Waals surface area contributed by atoms with Gasteiger partial charge in [0.2, 0.25) is 10.0 Å². The average molecular weight is 323 g/mol. The van der Waals surface area contributed by atoms with Gasteiger partial charge in [-0.15, -0.1) is 12.4 Å². The fourth-order valence-electron chi connectivity index (χ4n) is 2.88. The Labute approximate surface area is 126 Å². The SMILES string of the molecule is Cc1nn(C)c(C)c1S(=O)(=O)NC1(CN)CCCC1.Cl. The summed E-state index contributed by atoms with van der Waals surface area (Å²) in [4.78, 5) is 0.287. The molecule has 8 heteroatoms. The highest BCUT2D eigenvalue weighted by molar-refractivity contribution is 7.89. The number of nitrogens with two attached hydrogens (primary N) is 1. The van der Waals surface area contributed by atoms with E-state index in [0.29, 0.717) is 17.9 Å². The summed E-state index contributed by atoms with van der Waals surface area (Å²) < 4.78 is 29.6. The standard InChI is InChI=1S/C12H22N4O2S.ClH/c1-9-11(10(2)16(3)14-9)19(17,18)15-12(8-13)6-4-5-7-12;/h15H,4-8,13H2,1-3H3;1H. The summed E-state index contributed by atoms with van der Waals surface area (Å²) >= 11 is 0. The molecule has 1 aliphatic rings. The lowest BCUT2D eigenvalue weighted by atomic mass is 10.0. The molecule has 116 valence electrons. The molecular formula is C12H23ClN4O2S. The van der Waals surface area contributed by atoms with Crippen LogP contribution in [0, 0.1) is 13.8 Å². The molecule has 0 aromatic carbocycles. The van der Waals surface area contributed by atoms with Crippen molar-refractivity contribution < 1.29 is 8.42 Å². The van der Waals surface area contributed by atoms with Crippen LogP contribution < -0.4 is 10.5 Å². The molecule has 0 amide bonds. The molecule has 1 aliphatic carbocycles. The van der Waals surface area contributed by atoms with Crippen molar-refractivity contribution in [1.29, 1.82) is 0 Å². The van der Waals surface area contributed by atoms with E-state index >= 15 is 0 Å². The second-order valence-electron chi connectivity index (χ2n) is 5.42. The summed E-state index contributed by atoms with van der Waals surface area (Å²) in [5, 5.41) is 4.17. The average Bonchev–Trinajstić information content (AvgIpc) is 2.85. The number of rotatable bonds is 4. The van der Waals surface area contributed by atoms with Gasteiger partial charge in [0.15, 0.2) is 0 Å². The van der Waals surface area contributed by atoms with Crippen LogP contribution in [0.15, 0.2) is 4.90 Å². The lowest BCUT2D eigenvalue weighted by Gasteiger charge is -2.28. The maximum Gasteiger partial charge on any atom is 0.244 e. The summed E-state index contributed by atoms with van der Waals surface area (Å²) in [6.45, 7) is 3.81. The number of hydrogen-bond donors (Lipinski definition) is 2. The van der Waals surface area contributed by atoms with Crippen molar-refractivity contribution in [2.24, 2.45) is 12.8 Å². The van der Waals surface area contributed by atoms with E-state index in [1.165, 1.54) is 0 Å². The van der Waals surface area contributed by atoms with Crippen molar-refractivity contribution in [1.82, 2.24) is 14.5 Å². The molecule has 0 radical (unpaired) electrons. The van der Waals surface area contributed by atoms with Gasteiger partial charge in [-0.3, -0.25) is 4.68 Å². The highest BCUT2D eigenvalue weighted by Crippen LogP contribution is 2.31. The van der Waals surface area contributed by atoms with Crippen LogP contribution in [-0.2, 0) is 17.1 Å². The largest absolute Gasteiger partial charge is 0.329 e. The lowest BCUT2D eigenvalue weighted by Crippen LogP contribution is -2.51. The third-order valence-corrected chi connectivity index (χ3v) is 5.84. The molecule has 1 aromatic heterocycles. The zero-order valence-corrected chi connectivity index (χ0v) is 13.8. The topological polar surface area (TPSA) is 90.0 Å². The summed E-state index contributed by atoms with van der Waals surface area (Å²) in [7, 11) is -1.82. The van der Waals surface area contributed by atoms with Gasteiger partial charge in [-0.25, -0.2) is 13.1 Å². The molecule has 20 heavy (non-hydrogen) atoms. The molecule has 2 rings (SSSR count). The van der Waals surface area contributed by atoms with Crippen molar-refractivity contribution in [3.63, 3.8) is 0 Å². The molecule has 1 heterocycles. The molecule has 3 N–H and O–H groups in total. The van der Waals surface area contributed by atoms with E-state index in [9.17, 15) is 8.42 Å². The first-order valence-corrected chi connectivity index (χ1v) is 8.04. The Hall–Kier alpha value is -0.630. The van der Waals surface area contributed by atoms with Crippen molar-refractivity contribution in [2.75, 3.05) is 6.54 Å². The minimum Gasteiger partial charge on any atom is -0.329 e. The number of sulfonamides is 1. The number of nitrogens with one attached hydrogen (secondary N) is 1. The Balaban J connectivity index is 0.00000200. The molecule has 0 bridgehead atoms. The van der Waals surface area contributed by atoms with E-state index in [1.807, 2.05) is 0 Å². The van der Waals surface area contributed by atoms with Crippen molar-refractivity contribution in [2.45, 2.75) is 50.0 Å². The molecule has 0 saturated heterocycles. The number of aryl methyl sites for hydroxylation is 2. The van der Waals surface area contributed by atoms with Crippen molar-refractivity contribution in [3.8, 4) is 0 Å². The highest BCUT2D eigenvalue weighted by Gasteiger charge is 2.38. The predicted molar refractivity (Wildman–Crippen MR) is 80.5 cm³/mol. The molecule has 1 saturated carbocycles. The van der Waals surface area contributed by atoms with E-state index in [4.69, 9.17) is 5.73 Å². The van der Waals surface area contributed by atoms with E-state index in [1.54, 1.807) is 25.6 Å². The number of aromatic nitrogens is 2. The van der Waals surface area contributed by atoms with Crippen LogP contribution in [0.3, 0.4) is 0 Å². The van der Waals surface area contributed by atoms with Gasteiger partial charge < -0.3 is 5.73 Å². The lowest BCUT2D eigenvalue weighted by molar-refractivity contribution is 0.399. The Kier molecular flexibility index (Phi) is 5.23. The van der Waals surface area contributed by atoms with Gasteiger partial charge in [-0.2, -0.15) is 5.10 Å². The minimum atomic E-state index is -3.57. The van der Waals surface area contributed by atoms with Gasteiger partial charge in [0, 0.05) is 19.1 Å². The van der Waals surface area contributed by atoms with Crippen molar-refractivity contribution in [3.05, 3.63) is 11.4 Å². The van der Waals surface area contributed by atoms with Crippen LogP contribution in [0.2, 0.25) is 0 Å². The third kappa shape index (κ3) is 3.00. The van der Waals surface area contributed by atoms with E-state index in [0.717, 1.165) is 25.7 Å². The second-order valence-corrected chi connectivity index (χ2v) is 7.04. The summed E-state index contributed by atoms with van der Waals surface area (Å²) in [5.41, 5.74) is 6.48. The van der Waals surface area contributed by atoms with Gasteiger partial charge >= 0.3 is 0 Å². The molecule has 1 aromatic rings. The highest BCUT2D eigenvalue weighted by atomic mass is 35.5. The zero-order valence-electron chi connectivity index (χ0n) is 12.1. The van der Waals surface area contributed by atoms with Gasteiger partial charge in [0.1, 0.15) is 4.90 Å². The fourth-order valence-corrected chi connectivity index (χ4v) is 4.79. The van der Waals surface area contributed by atoms with E-state index in [2.05, 4.69) is 9.82 Å². The summed E-state index contributed by atoms with van der Waals surface area (Å²) in [6, 6.07) is 0. The molecule has 0 unspecified atom stereocenters. The van der Waals surface area contributed by atoms with Gasteiger partial charge in [-0.05, 0) is 26.7 Å². The maximum absolute atomic E-state index is 12.6. The minimum absolute atomic E-state index is 0. The maximum atomic E-state index is 12.6.